The summed E-state index contributed by atoms with van der Waals surface area (Å²) in [6.45, 7) is 0. The topological polar surface area (TPSA) is 35.5 Å². The minimum Gasteiger partial charge on any atom is -0.483 e. The van der Waals surface area contributed by atoms with Crippen molar-refractivity contribution in [2.45, 2.75) is 5.44 Å². The van der Waals surface area contributed by atoms with E-state index in [9.17, 15) is 4.79 Å². The molecular formula is C7H8O3S. The van der Waals surface area contributed by atoms with E-state index >= 15 is 0 Å². The predicted octanol–water partition coefficient (Wildman–Crippen LogP) is 0.886. The lowest BCUT2D eigenvalue weighted by molar-refractivity contribution is -0.135. The first-order valence-electron chi connectivity index (χ1n) is 3.04. The van der Waals surface area contributed by atoms with Gasteiger partial charge in [-0.2, -0.15) is 0 Å². The van der Waals surface area contributed by atoms with Gasteiger partial charge in [0.1, 0.15) is 0 Å². The molecule has 0 amide bonds. The Kier molecular flexibility index (Phi) is 2.59. The van der Waals surface area contributed by atoms with Gasteiger partial charge in [0, 0.05) is 0 Å². The highest BCUT2D eigenvalue weighted by atomic mass is 32.1. The molecule has 0 spiro atoms. The highest BCUT2D eigenvalue weighted by molar-refractivity contribution is 7.80. The molecular weight excluding hydrogens is 164 g/mol. The second-order valence-corrected chi connectivity index (χ2v) is 2.46. The third kappa shape index (κ3) is 2.01. The molecule has 0 aromatic heterocycles. The van der Waals surface area contributed by atoms with E-state index in [-0.39, 0.29) is 5.44 Å². The maximum Gasteiger partial charge on any atom is 0.340 e. The zero-order valence-electron chi connectivity index (χ0n) is 5.98. The van der Waals surface area contributed by atoms with Crippen LogP contribution in [0.15, 0.2) is 24.0 Å². The summed E-state index contributed by atoms with van der Waals surface area (Å²) < 4.78 is 9.39. The Morgan fingerprint density at radius 3 is 3.00 bits per heavy atom. The van der Waals surface area contributed by atoms with Crippen molar-refractivity contribution in [1.29, 1.82) is 0 Å². The SMILES string of the molecule is COC(=O)C1=COC(S)C=C1. The summed E-state index contributed by atoms with van der Waals surface area (Å²) in [5.74, 6) is -0.401. The Bertz CT molecular complexity index is 220. The van der Waals surface area contributed by atoms with Gasteiger partial charge >= 0.3 is 5.97 Å². The van der Waals surface area contributed by atoms with E-state index in [0.29, 0.717) is 5.57 Å². The van der Waals surface area contributed by atoms with Crippen molar-refractivity contribution in [3.63, 3.8) is 0 Å². The van der Waals surface area contributed by atoms with Crippen LogP contribution in [-0.4, -0.2) is 18.5 Å². The van der Waals surface area contributed by atoms with Gasteiger partial charge in [0.15, 0.2) is 5.44 Å². The summed E-state index contributed by atoms with van der Waals surface area (Å²) >= 11 is 3.99. The monoisotopic (exact) mass is 172 g/mol. The first kappa shape index (κ1) is 8.20. The van der Waals surface area contributed by atoms with Gasteiger partial charge in [-0.1, -0.05) is 0 Å². The van der Waals surface area contributed by atoms with Crippen LogP contribution >= 0.6 is 12.6 Å². The van der Waals surface area contributed by atoms with Crippen molar-refractivity contribution in [2.24, 2.45) is 0 Å². The first-order valence-corrected chi connectivity index (χ1v) is 3.56. The van der Waals surface area contributed by atoms with Gasteiger partial charge in [-0.25, -0.2) is 4.79 Å². The highest BCUT2D eigenvalue weighted by Crippen LogP contribution is 2.12. The molecule has 1 unspecified atom stereocenters. The number of methoxy groups -OCH3 is 1. The van der Waals surface area contributed by atoms with E-state index in [1.807, 2.05) is 0 Å². The van der Waals surface area contributed by atoms with Crippen LogP contribution in [0.25, 0.3) is 0 Å². The average molecular weight is 172 g/mol. The molecule has 1 heterocycles. The summed E-state index contributed by atoms with van der Waals surface area (Å²) in [4.78, 5) is 10.8. The summed E-state index contributed by atoms with van der Waals surface area (Å²) in [7, 11) is 1.32. The largest absolute Gasteiger partial charge is 0.483 e. The fraction of sp³-hybridized carbons (Fsp3) is 0.286. The van der Waals surface area contributed by atoms with Gasteiger partial charge < -0.3 is 9.47 Å². The third-order valence-electron chi connectivity index (χ3n) is 1.20. The average Bonchev–Trinajstić information content (AvgIpc) is 2.05. The van der Waals surface area contributed by atoms with E-state index in [1.54, 1.807) is 12.2 Å². The molecule has 0 aromatic carbocycles. The van der Waals surface area contributed by atoms with Crippen LogP contribution in [-0.2, 0) is 14.3 Å². The molecule has 11 heavy (non-hydrogen) atoms. The van der Waals surface area contributed by atoms with Crippen LogP contribution < -0.4 is 0 Å². The van der Waals surface area contributed by atoms with Gasteiger partial charge in [-0.05, 0) is 12.2 Å². The standard InChI is InChI=1S/C7H8O3S/c1-9-7(8)5-2-3-6(11)10-4-5/h2-4,6,11H,1H3. The summed E-state index contributed by atoms with van der Waals surface area (Å²) in [5, 5.41) is 0. The van der Waals surface area contributed by atoms with E-state index in [0.717, 1.165) is 0 Å². The number of carbonyl (C=O) groups excluding carboxylic acids is 1. The number of hydrogen-bond acceptors (Lipinski definition) is 4. The molecule has 1 aliphatic rings. The fourth-order valence-corrected chi connectivity index (χ4v) is 0.795. The Balaban J connectivity index is 2.63. The van der Waals surface area contributed by atoms with E-state index in [2.05, 4.69) is 17.4 Å². The zero-order valence-corrected chi connectivity index (χ0v) is 6.88. The van der Waals surface area contributed by atoms with Gasteiger partial charge in [-0.15, -0.1) is 12.6 Å². The zero-order chi connectivity index (χ0) is 8.27. The fourth-order valence-electron chi connectivity index (χ4n) is 0.648. The van der Waals surface area contributed by atoms with Crippen LogP contribution in [0.3, 0.4) is 0 Å². The minimum absolute atomic E-state index is 0.261. The highest BCUT2D eigenvalue weighted by Gasteiger charge is 2.11. The number of hydrogen-bond donors (Lipinski definition) is 1. The summed E-state index contributed by atoms with van der Waals surface area (Å²) in [6, 6.07) is 0. The molecule has 60 valence electrons. The number of esters is 1. The number of thiol groups is 1. The van der Waals surface area contributed by atoms with Crippen molar-refractivity contribution in [3.8, 4) is 0 Å². The van der Waals surface area contributed by atoms with Crippen LogP contribution in [0.2, 0.25) is 0 Å². The van der Waals surface area contributed by atoms with Crippen LogP contribution in [0, 0.1) is 0 Å². The van der Waals surface area contributed by atoms with Crippen LogP contribution in [0.5, 0.6) is 0 Å². The molecule has 0 aromatic rings. The Hall–Kier alpha value is -0.900. The van der Waals surface area contributed by atoms with Gasteiger partial charge in [0.2, 0.25) is 0 Å². The quantitative estimate of drug-likeness (QED) is 0.471. The Morgan fingerprint density at radius 2 is 2.55 bits per heavy atom. The van der Waals surface area contributed by atoms with Crippen molar-refractivity contribution < 1.29 is 14.3 Å². The lowest BCUT2D eigenvalue weighted by Crippen LogP contribution is -2.09. The molecule has 0 radical (unpaired) electrons. The third-order valence-corrected chi connectivity index (χ3v) is 1.49. The lowest BCUT2D eigenvalue weighted by Gasteiger charge is -2.11. The lowest BCUT2D eigenvalue weighted by atomic mass is 10.2. The molecule has 0 saturated carbocycles. The number of carbonyl (C=O) groups is 1. The summed E-state index contributed by atoms with van der Waals surface area (Å²) in [5.41, 5.74) is 0.140. The Labute approximate surface area is 70.1 Å². The van der Waals surface area contributed by atoms with Gasteiger partial charge in [0.25, 0.3) is 0 Å². The molecule has 1 rings (SSSR count). The summed E-state index contributed by atoms with van der Waals surface area (Å²) in [6.07, 6.45) is 4.62. The number of ether oxygens (including phenoxy) is 2. The second kappa shape index (κ2) is 3.48. The van der Waals surface area contributed by atoms with E-state index in [4.69, 9.17) is 4.74 Å². The van der Waals surface area contributed by atoms with Crippen molar-refractivity contribution in [2.75, 3.05) is 7.11 Å². The molecule has 0 saturated heterocycles. The maximum absolute atomic E-state index is 10.8. The molecule has 0 aliphatic carbocycles. The van der Waals surface area contributed by atoms with E-state index < -0.39 is 5.97 Å². The molecule has 3 nitrogen and oxygen atoms in total. The van der Waals surface area contributed by atoms with Crippen molar-refractivity contribution in [3.05, 3.63) is 24.0 Å². The van der Waals surface area contributed by atoms with Crippen molar-refractivity contribution in [1.82, 2.24) is 0 Å². The molecule has 1 atom stereocenters. The maximum atomic E-state index is 10.8. The van der Waals surface area contributed by atoms with Crippen LogP contribution in [0.4, 0.5) is 0 Å². The smallest absolute Gasteiger partial charge is 0.340 e. The molecule has 0 fully saturated rings. The van der Waals surface area contributed by atoms with Gasteiger partial charge in [-0.3, -0.25) is 0 Å². The van der Waals surface area contributed by atoms with E-state index in [1.165, 1.54) is 13.4 Å². The molecule has 4 heteroatoms. The minimum atomic E-state index is -0.401. The Morgan fingerprint density at radius 1 is 1.82 bits per heavy atom. The molecule has 0 bridgehead atoms. The van der Waals surface area contributed by atoms with Gasteiger partial charge in [0.05, 0.1) is 18.9 Å². The predicted molar refractivity (Wildman–Crippen MR) is 43.1 cm³/mol. The normalized spacial score (nSPS) is 22.0. The second-order valence-electron chi connectivity index (χ2n) is 1.95. The number of rotatable bonds is 1. The molecule has 1 aliphatic heterocycles. The molecule has 0 N–H and O–H groups in total. The first-order chi connectivity index (χ1) is 5.24. The van der Waals surface area contributed by atoms with Crippen LogP contribution in [0.1, 0.15) is 0 Å². The van der Waals surface area contributed by atoms with Crippen molar-refractivity contribution >= 4 is 18.6 Å².